The molecule has 0 N–H and O–H groups in total. The molecule has 1 aliphatic heterocycles. The van der Waals surface area contributed by atoms with Gasteiger partial charge in [-0.25, -0.2) is 8.78 Å². The van der Waals surface area contributed by atoms with E-state index in [0.717, 1.165) is 17.2 Å². The summed E-state index contributed by atoms with van der Waals surface area (Å²) < 4.78 is 27.6. The van der Waals surface area contributed by atoms with Crippen LogP contribution in [0.25, 0.3) is 10.9 Å². The third-order valence-corrected chi connectivity index (χ3v) is 4.49. The Labute approximate surface area is 141 Å². The second-order valence-electron chi connectivity index (χ2n) is 6.00. The predicted octanol–water partition coefficient (Wildman–Crippen LogP) is 3.98. The topological polar surface area (TPSA) is 59.3 Å². The van der Waals surface area contributed by atoms with E-state index in [0.29, 0.717) is 30.6 Å². The van der Waals surface area contributed by atoms with Crippen molar-refractivity contribution in [2.45, 2.75) is 13.0 Å². The summed E-state index contributed by atoms with van der Waals surface area (Å²) in [6, 6.07) is 8.63. The number of nitro benzene ring substituents is 1. The summed E-state index contributed by atoms with van der Waals surface area (Å²) in [5.41, 5.74) is 2.72. The average Bonchev–Trinajstić information content (AvgIpc) is 2.60. The molecule has 0 atom stereocenters. The second kappa shape index (κ2) is 5.77. The number of hydrogen-bond acceptors (Lipinski definition) is 4. The zero-order valence-electron chi connectivity index (χ0n) is 13.1. The molecule has 2 heterocycles. The van der Waals surface area contributed by atoms with Gasteiger partial charge >= 0.3 is 0 Å². The van der Waals surface area contributed by atoms with Crippen molar-refractivity contribution < 1.29 is 13.7 Å². The maximum Gasteiger partial charge on any atom is 0.269 e. The third kappa shape index (κ3) is 2.67. The fourth-order valence-corrected chi connectivity index (χ4v) is 3.30. The Balaban J connectivity index is 1.78. The molecule has 2 aromatic carbocycles. The number of benzene rings is 2. The number of fused-ring (bicyclic) bond motifs is 2. The van der Waals surface area contributed by atoms with Gasteiger partial charge in [0.25, 0.3) is 5.69 Å². The number of non-ortho nitro benzene ring substituents is 1. The van der Waals surface area contributed by atoms with E-state index in [4.69, 9.17) is 0 Å². The minimum absolute atomic E-state index is 0.0391. The van der Waals surface area contributed by atoms with Crippen LogP contribution >= 0.6 is 0 Å². The summed E-state index contributed by atoms with van der Waals surface area (Å²) in [5, 5.41) is 11.4. The molecule has 7 heteroatoms. The van der Waals surface area contributed by atoms with Gasteiger partial charge in [0.2, 0.25) is 0 Å². The Kier molecular flexibility index (Phi) is 3.56. The molecule has 1 aliphatic rings. The first-order valence-corrected chi connectivity index (χ1v) is 7.78. The van der Waals surface area contributed by atoms with Crippen molar-refractivity contribution in [3.8, 4) is 0 Å². The van der Waals surface area contributed by atoms with Gasteiger partial charge in [0.1, 0.15) is 11.3 Å². The molecule has 5 nitrogen and oxygen atoms in total. The van der Waals surface area contributed by atoms with Gasteiger partial charge in [-0.05, 0) is 29.7 Å². The van der Waals surface area contributed by atoms with Gasteiger partial charge in [0.15, 0.2) is 5.82 Å². The smallest absolute Gasteiger partial charge is 0.269 e. The summed E-state index contributed by atoms with van der Waals surface area (Å²) >= 11 is 0. The molecular formula is C18H13F2N3O2. The molecular weight excluding hydrogens is 328 g/mol. The lowest BCUT2D eigenvalue weighted by Gasteiger charge is -2.31. The number of halogens is 2. The SMILES string of the molecule is O=[N+]([O-])c1ccc2c(c1)CN(c1ccnc3c(F)cc(F)cc13)CC2. The van der Waals surface area contributed by atoms with Crippen molar-refractivity contribution in [1.29, 1.82) is 0 Å². The molecule has 0 saturated carbocycles. The van der Waals surface area contributed by atoms with Crippen molar-refractivity contribution in [3.63, 3.8) is 0 Å². The van der Waals surface area contributed by atoms with Gasteiger partial charge in [0.05, 0.1) is 4.92 Å². The quantitative estimate of drug-likeness (QED) is 0.522. The Morgan fingerprint density at radius 1 is 1.12 bits per heavy atom. The summed E-state index contributed by atoms with van der Waals surface area (Å²) in [6.45, 7) is 1.09. The van der Waals surface area contributed by atoms with Crippen molar-refractivity contribution >= 4 is 22.3 Å². The number of anilines is 1. The molecule has 4 rings (SSSR count). The molecule has 25 heavy (non-hydrogen) atoms. The van der Waals surface area contributed by atoms with Crippen LogP contribution in [0.4, 0.5) is 20.2 Å². The number of aromatic nitrogens is 1. The van der Waals surface area contributed by atoms with E-state index >= 15 is 0 Å². The van der Waals surface area contributed by atoms with E-state index in [1.807, 2.05) is 4.90 Å². The highest BCUT2D eigenvalue weighted by Crippen LogP contribution is 2.32. The Morgan fingerprint density at radius 2 is 1.96 bits per heavy atom. The first kappa shape index (κ1) is 15.4. The van der Waals surface area contributed by atoms with Crippen LogP contribution in [0, 0.1) is 21.7 Å². The summed E-state index contributed by atoms with van der Waals surface area (Å²) in [5.74, 6) is -1.36. The normalized spacial score (nSPS) is 13.8. The van der Waals surface area contributed by atoms with Crippen LogP contribution in [-0.4, -0.2) is 16.5 Å². The van der Waals surface area contributed by atoms with E-state index in [9.17, 15) is 18.9 Å². The second-order valence-corrected chi connectivity index (χ2v) is 6.00. The van der Waals surface area contributed by atoms with Gasteiger partial charge in [-0.15, -0.1) is 0 Å². The molecule has 0 amide bonds. The van der Waals surface area contributed by atoms with Crippen LogP contribution in [-0.2, 0) is 13.0 Å². The maximum atomic E-state index is 14.0. The molecule has 0 bridgehead atoms. The van der Waals surface area contributed by atoms with Gasteiger partial charge in [-0.1, -0.05) is 6.07 Å². The van der Waals surface area contributed by atoms with Crippen LogP contribution in [0.1, 0.15) is 11.1 Å². The number of nitro groups is 1. The van der Waals surface area contributed by atoms with E-state index in [1.165, 1.54) is 18.3 Å². The monoisotopic (exact) mass is 341 g/mol. The fourth-order valence-electron chi connectivity index (χ4n) is 3.30. The number of nitrogens with zero attached hydrogens (tertiary/aromatic N) is 3. The molecule has 1 aromatic heterocycles. The number of hydrogen-bond donors (Lipinski definition) is 0. The van der Waals surface area contributed by atoms with E-state index in [1.54, 1.807) is 18.2 Å². The molecule has 0 spiro atoms. The maximum absolute atomic E-state index is 14.0. The van der Waals surface area contributed by atoms with Gasteiger partial charge in [0, 0.05) is 48.6 Å². The Hall–Kier alpha value is -3.09. The van der Waals surface area contributed by atoms with E-state index in [-0.39, 0.29) is 11.2 Å². The third-order valence-electron chi connectivity index (χ3n) is 4.49. The number of rotatable bonds is 2. The first-order chi connectivity index (χ1) is 12.0. The molecule has 0 radical (unpaired) electrons. The minimum Gasteiger partial charge on any atom is -0.366 e. The lowest BCUT2D eigenvalue weighted by molar-refractivity contribution is -0.384. The van der Waals surface area contributed by atoms with E-state index < -0.39 is 16.6 Å². The highest BCUT2D eigenvalue weighted by Gasteiger charge is 2.21. The van der Waals surface area contributed by atoms with Gasteiger partial charge in [-0.2, -0.15) is 0 Å². The standard InChI is InChI=1S/C18H13F2N3O2/c19-13-8-15-17(3-5-21-18(15)16(20)9-13)22-6-4-11-1-2-14(23(24)25)7-12(11)10-22/h1-3,5,7-9H,4,6,10H2. The minimum atomic E-state index is -0.704. The molecule has 0 unspecified atom stereocenters. The lowest BCUT2D eigenvalue weighted by Crippen LogP contribution is -2.30. The summed E-state index contributed by atoms with van der Waals surface area (Å²) in [6.07, 6.45) is 2.19. The highest BCUT2D eigenvalue weighted by molar-refractivity contribution is 5.92. The first-order valence-electron chi connectivity index (χ1n) is 7.78. The van der Waals surface area contributed by atoms with Crippen molar-refractivity contribution in [3.05, 3.63) is 75.5 Å². The Morgan fingerprint density at radius 3 is 2.76 bits per heavy atom. The van der Waals surface area contributed by atoms with Crippen LogP contribution in [0.5, 0.6) is 0 Å². The predicted molar refractivity (Wildman–Crippen MR) is 89.5 cm³/mol. The largest absolute Gasteiger partial charge is 0.366 e. The van der Waals surface area contributed by atoms with Gasteiger partial charge in [-0.3, -0.25) is 15.1 Å². The van der Waals surface area contributed by atoms with Crippen molar-refractivity contribution in [1.82, 2.24) is 4.98 Å². The lowest BCUT2D eigenvalue weighted by atomic mass is 9.98. The molecule has 3 aromatic rings. The van der Waals surface area contributed by atoms with E-state index in [2.05, 4.69) is 4.98 Å². The average molecular weight is 341 g/mol. The zero-order chi connectivity index (χ0) is 17.6. The zero-order valence-corrected chi connectivity index (χ0v) is 13.1. The molecule has 0 saturated heterocycles. The van der Waals surface area contributed by atoms with Crippen LogP contribution in [0.2, 0.25) is 0 Å². The molecule has 0 aliphatic carbocycles. The van der Waals surface area contributed by atoms with Crippen LogP contribution in [0.15, 0.2) is 42.6 Å². The van der Waals surface area contributed by atoms with Crippen LogP contribution in [0.3, 0.4) is 0 Å². The van der Waals surface area contributed by atoms with Crippen LogP contribution < -0.4 is 4.90 Å². The number of pyridine rings is 1. The van der Waals surface area contributed by atoms with Gasteiger partial charge < -0.3 is 4.90 Å². The van der Waals surface area contributed by atoms with Crippen molar-refractivity contribution in [2.75, 3.05) is 11.4 Å². The summed E-state index contributed by atoms with van der Waals surface area (Å²) in [7, 11) is 0. The molecule has 0 fully saturated rings. The highest BCUT2D eigenvalue weighted by atomic mass is 19.1. The molecule has 126 valence electrons. The summed E-state index contributed by atoms with van der Waals surface area (Å²) in [4.78, 5) is 16.5. The fraction of sp³-hybridized carbons (Fsp3) is 0.167. The Bertz CT molecular complexity index is 1010. The van der Waals surface area contributed by atoms with Crippen molar-refractivity contribution in [2.24, 2.45) is 0 Å².